The Morgan fingerprint density at radius 3 is 2.91 bits per heavy atom. The number of benzene rings is 1. The number of pyridine rings is 1. The number of imidazole rings is 1. The number of carbonyl (C=O) groups is 1. The van der Waals surface area contributed by atoms with Crippen LogP contribution in [-0.2, 0) is 16.0 Å². The van der Waals surface area contributed by atoms with Crippen LogP contribution in [0.15, 0.2) is 35.6 Å². The van der Waals surface area contributed by atoms with Crippen molar-refractivity contribution in [2.75, 3.05) is 12.9 Å². The van der Waals surface area contributed by atoms with Crippen LogP contribution in [0.1, 0.15) is 38.1 Å². The van der Waals surface area contributed by atoms with E-state index in [1.165, 1.54) is 18.7 Å². The summed E-state index contributed by atoms with van der Waals surface area (Å²) in [5, 5.41) is 5.43. The highest BCUT2D eigenvalue weighted by atomic mass is 35.5. The summed E-state index contributed by atoms with van der Waals surface area (Å²) in [5.74, 6) is -0.410. The fraction of sp³-hybridized carbons (Fsp3) is 0.348. The number of thioether (sulfide) groups is 1. The van der Waals surface area contributed by atoms with E-state index in [1.807, 2.05) is 35.2 Å². The molecule has 0 radical (unpaired) electrons. The summed E-state index contributed by atoms with van der Waals surface area (Å²) >= 11 is 7.90. The minimum atomic E-state index is -0.456. The molecule has 1 aliphatic heterocycles. The van der Waals surface area contributed by atoms with Crippen molar-refractivity contribution in [3.8, 4) is 11.1 Å². The number of nitrogens with zero attached hydrogens (tertiary/aromatic N) is 4. The van der Waals surface area contributed by atoms with E-state index in [9.17, 15) is 4.79 Å². The molecule has 1 aromatic carbocycles. The van der Waals surface area contributed by atoms with Crippen LogP contribution in [0.4, 0.5) is 4.39 Å². The summed E-state index contributed by atoms with van der Waals surface area (Å²) in [5.41, 5.74) is 3.43. The van der Waals surface area contributed by atoms with Gasteiger partial charge in [0.25, 0.3) is 0 Å². The molecule has 1 atom stereocenters. The molecule has 32 heavy (non-hydrogen) atoms. The van der Waals surface area contributed by atoms with Gasteiger partial charge in [-0.05, 0) is 44.6 Å². The molecule has 166 valence electrons. The van der Waals surface area contributed by atoms with Gasteiger partial charge in [-0.2, -0.15) is 5.10 Å². The minimum absolute atomic E-state index is 0.0467. The highest BCUT2D eigenvalue weighted by Crippen LogP contribution is 2.44. The first-order valence-corrected chi connectivity index (χ1v) is 12.1. The molecule has 0 amide bonds. The summed E-state index contributed by atoms with van der Waals surface area (Å²) < 4.78 is 25.0. The van der Waals surface area contributed by atoms with Gasteiger partial charge in [0.2, 0.25) is 0 Å². The monoisotopic (exact) mass is 472 g/mol. The lowest BCUT2D eigenvalue weighted by molar-refractivity contribution is -0.116. The standard InChI is InChI=1S/C23H22ClFN4O2S/c1-13(30)9-15-12-28-11-14(6-7-17(28)27-15)19-16-10-26-29(18-5-3-4-8-31-18)22(16)23(32-2)21(25)20(19)24/h6-7,10-12,18H,3-5,8-9H2,1-2H3. The van der Waals surface area contributed by atoms with Gasteiger partial charge in [0, 0.05) is 41.9 Å². The Labute approximate surface area is 193 Å². The molecule has 5 rings (SSSR count). The smallest absolute Gasteiger partial charge is 0.158 e. The van der Waals surface area contributed by atoms with E-state index in [0.717, 1.165) is 30.2 Å². The van der Waals surface area contributed by atoms with Crippen LogP contribution in [0, 0.1) is 5.82 Å². The number of aromatic nitrogens is 4. The second-order valence-electron chi connectivity index (χ2n) is 8.00. The average Bonchev–Trinajstić information content (AvgIpc) is 3.38. The Kier molecular flexibility index (Phi) is 5.69. The van der Waals surface area contributed by atoms with Gasteiger partial charge in [-0.25, -0.2) is 14.1 Å². The molecule has 0 saturated carbocycles. The average molecular weight is 473 g/mol. The van der Waals surface area contributed by atoms with E-state index >= 15 is 4.39 Å². The highest BCUT2D eigenvalue weighted by molar-refractivity contribution is 7.98. The number of ketones is 1. The van der Waals surface area contributed by atoms with Crippen molar-refractivity contribution in [1.82, 2.24) is 19.2 Å². The molecule has 1 unspecified atom stereocenters. The van der Waals surface area contributed by atoms with Crippen molar-refractivity contribution in [2.45, 2.75) is 43.7 Å². The number of halogens is 2. The number of ether oxygens (including phenoxy) is 1. The van der Waals surface area contributed by atoms with E-state index in [0.29, 0.717) is 33.9 Å². The Balaban J connectivity index is 1.71. The van der Waals surface area contributed by atoms with Gasteiger partial charge >= 0.3 is 0 Å². The van der Waals surface area contributed by atoms with Gasteiger partial charge in [0.1, 0.15) is 11.4 Å². The molecule has 0 spiro atoms. The second kappa shape index (κ2) is 8.50. The van der Waals surface area contributed by atoms with Crippen LogP contribution in [0.2, 0.25) is 5.02 Å². The number of rotatable bonds is 5. The number of Topliss-reactive ketones (excluding diaryl/α,β-unsaturated/α-hetero) is 1. The maximum Gasteiger partial charge on any atom is 0.158 e. The Morgan fingerprint density at radius 1 is 1.34 bits per heavy atom. The lowest BCUT2D eigenvalue weighted by Crippen LogP contribution is -2.19. The molecule has 6 nitrogen and oxygen atoms in total. The van der Waals surface area contributed by atoms with E-state index in [2.05, 4.69) is 10.1 Å². The molecule has 0 N–H and O–H groups in total. The van der Waals surface area contributed by atoms with Crippen LogP contribution >= 0.6 is 23.4 Å². The predicted octanol–water partition coefficient (Wildman–Crippen LogP) is 5.70. The lowest BCUT2D eigenvalue weighted by Gasteiger charge is -2.24. The van der Waals surface area contributed by atoms with Crippen molar-refractivity contribution >= 4 is 45.7 Å². The van der Waals surface area contributed by atoms with Gasteiger partial charge in [0.05, 0.1) is 27.3 Å². The van der Waals surface area contributed by atoms with E-state index in [4.69, 9.17) is 16.3 Å². The van der Waals surface area contributed by atoms with Gasteiger partial charge in [-0.3, -0.25) is 4.79 Å². The Morgan fingerprint density at radius 2 is 2.19 bits per heavy atom. The van der Waals surface area contributed by atoms with E-state index < -0.39 is 5.82 Å². The van der Waals surface area contributed by atoms with Crippen molar-refractivity contribution in [2.24, 2.45) is 0 Å². The first-order chi connectivity index (χ1) is 15.5. The number of carbonyl (C=O) groups excluding carboxylic acids is 1. The largest absolute Gasteiger partial charge is 0.356 e. The molecule has 1 aliphatic rings. The van der Waals surface area contributed by atoms with Crippen LogP contribution in [0.3, 0.4) is 0 Å². The number of hydrogen-bond donors (Lipinski definition) is 0. The quantitative estimate of drug-likeness (QED) is 0.349. The maximum atomic E-state index is 15.5. The van der Waals surface area contributed by atoms with Gasteiger partial charge in [-0.15, -0.1) is 11.8 Å². The Bertz CT molecular complexity index is 1340. The van der Waals surface area contributed by atoms with Crippen molar-refractivity contribution < 1.29 is 13.9 Å². The first kappa shape index (κ1) is 21.4. The fourth-order valence-corrected chi connectivity index (χ4v) is 5.38. The summed E-state index contributed by atoms with van der Waals surface area (Å²) in [6.07, 6.45) is 10.2. The second-order valence-corrected chi connectivity index (χ2v) is 9.20. The minimum Gasteiger partial charge on any atom is -0.356 e. The molecule has 4 aromatic rings. The van der Waals surface area contributed by atoms with Crippen LogP contribution < -0.4 is 0 Å². The molecule has 0 bridgehead atoms. The molecule has 1 fully saturated rings. The SMILES string of the molecule is CSc1c(F)c(Cl)c(-c2ccc3nc(CC(C)=O)cn3c2)c2cnn(C3CCCCO3)c12. The maximum absolute atomic E-state index is 15.5. The molecule has 0 aliphatic carbocycles. The third kappa shape index (κ3) is 3.60. The zero-order valence-corrected chi connectivity index (χ0v) is 19.3. The summed E-state index contributed by atoms with van der Waals surface area (Å²) in [7, 11) is 0. The first-order valence-electron chi connectivity index (χ1n) is 10.5. The van der Waals surface area contributed by atoms with Gasteiger partial charge in [-0.1, -0.05) is 11.6 Å². The summed E-state index contributed by atoms with van der Waals surface area (Å²) in [4.78, 5) is 16.4. The number of fused-ring (bicyclic) bond motifs is 2. The van der Waals surface area contributed by atoms with Crippen LogP contribution in [0.25, 0.3) is 27.7 Å². The van der Waals surface area contributed by atoms with Crippen LogP contribution in [0.5, 0.6) is 0 Å². The van der Waals surface area contributed by atoms with Crippen molar-refractivity contribution in [3.05, 3.63) is 47.3 Å². The summed E-state index contributed by atoms with van der Waals surface area (Å²) in [6, 6.07) is 3.71. The zero-order valence-electron chi connectivity index (χ0n) is 17.8. The topological polar surface area (TPSA) is 61.4 Å². The molecule has 1 saturated heterocycles. The highest BCUT2D eigenvalue weighted by Gasteiger charge is 2.26. The molecular formula is C23H22ClFN4O2S. The van der Waals surface area contributed by atoms with Crippen molar-refractivity contribution in [3.63, 3.8) is 0 Å². The molecule has 3 aromatic heterocycles. The molecular weight excluding hydrogens is 451 g/mol. The van der Waals surface area contributed by atoms with E-state index in [-0.39, 0.29) is 23.5 Å². The molecule has 9 heteroatoms. The van der Waals surface area contributed by atoms with Crippen molar-refractivity contribution in [1.29, 1.82) is 0 Å². The number of hydrogen-bond acceptors (Lipinski definition) is 5. The van der Waals surface area contributed by atoms with Gasteiger partial charge < -0.3 is 9.14 Å². The van der Waals surface area contributed by atoms with E-state index in [1.54, 1.807) is 10.9 Å². The fourth-order valence-electron chi connectivity index (χ4n) is 4.34. The zero-order chi connectivity index (χ0) is 22.4. The Hall–Kier alpha value is -2.42. The summed E-state index contributed by atoms with van der Waals surface area (Å²) in [6.45, 7) is 2.21. The lowest BCUT2D eigenvalue weighted by atomic mass is 10.0. The van der Waals surface area contributed by atoms with Gasteiger partial charge in [0.15, 0.2) is 12.0 Å². The third-order valence-corrected chi connectivity index (χ3v) is 6.88. The van der Waals surface area contributed by atoms with Crippen LogP contribution in [-0.4, -0.2) is 37.8 Å². The third-order valence-electron chi connectivity index (χ3n) is 5.74. The predicted molar refractivity (Wildman–Crippen MR) is 124 cm³/mol. The normalized spacial score (nSPS) is 16.8. The molecule has 4 heterocycles.